The number of aliphatic hydroxyl groups is 1. The van der Waals surface area contributed by atoms with Gasteiger partial charge in [0.05, 0.1) is 0 Å². The van der Waals surface area contributed by atoms with Crippen molar-refractivity contribution in [3.05, 3.63) is 91.0 Å². The Bertz CT molecular complexity index is 627. The van der Waals surface area contributed by atoms with Crippen molar-refractivity contribution in [3.8, 4) is 0 Å². The second kappa shape index (κ2) is 6.94. The average Bonchev–Trinajstić information content (AvgIpc) is 2.62. The summed E-state index contributed by atoms with van der Waals surface area (Å²) in [7, 11) is -2.24. The van der Waals surface area contributed by atoms with E-state index in [-0.39, 0.29) is 6.10 Å². The van der Waals surface area contributed by atoms with Gasteiger partial charge in [-0.15, -0.1) is 0 Å². The molecule has 0 aliphatic heterocycles. The van der Waals surface area contributed by atoms with Crippen molar-refractivity contribution in [3.63, 3.8) is 0 Å². The highest BCUT2D eigenvalue weighted by Crippen LogP contribution is 2.15. The van der Waals surface area contributed by atoms with E-state index in [1.165, 1.54) is 15.6 Å². The maximum absolute atomic E-state index is 10.3. The Morgan fingerprint density at radius 1 is 0.652 bits per heavy atom. The summed E-state index contributed by atoms with van der Waals surface area (Å²) in [6.45, 7) is 1.90. The Morgan fingerprint density at radius 2 is 0.957 bits per heavy atom. The van der Waals surface area contributed by atoms with Crippen LogP contribution in [0.5, 0.6) is 0 Å². The Hall–Kier alpha value is -2.16. The molecular weight excluding hydrogens is 296 g/mol. The van der Waals surface area contributed by atoms with Crippen molar-refractivity contribution >= 4 is 23.6 Å². The van der Waals surface area contributed by atoms with Gasteiger partial charge in [0, 0.05) is 6.10 Å². The third kappa shape index (κ3) is 3.14. The molecule has 23 heavy (non-hydrogen) atoms. The van der Waals surface area contributed by atoms with Crippen LogP contribution in [0.15, 0.2) is 91.0 Å². The Balaban J connectivity index is 2.30. The monoisotopic (exact) mass is 318 g/mol. The van der Waals surface area contributed by atoms with Crippen molar-refractivity contribution in [2.24, 2.45) is 0 Å². The third-order valence-corrected chi connectivity index (χ3v) is 9.56. The number of rotatable bonds is 5. The van der Waals surface area contributed by atoms with Crippen LogP contribution in [0.1, 0.15) is 6.92 Å². The number of hydrogen-bond donors (Lipinski definition) is 1. The summed E-state index contributed by atoms with van der Waals surface area (Å²) in [4.78, 5) is 0. The second-order valence-electron chi connectivity index (χ2n) is 6.06. The molecule has 0 aliphatic rings. The van der Waals surface area contributed by atoms with Crippen molar-refractivity contribution in [2.75, 3.05) is 0 Å². The van der Waals surface area contributed by atoms with Crippen molar-refractivity contribution < 1.29 is 5.11 Å². The number of aliphatic hydroxyl groups excluding tert-OH is 1. The molecule has 1 atom stereocenters. The lowest BCUT2D eigenvalue weighted by atomic mass is 10.3. The number of benzene rings is 3. The highest BCUT2D eigenvalue weighted by atomic mass is 28.3. The van der Waals surface area contributed by atoms with Gasteiger partial charge < -0.3 is 5.11 Å². The lowest BCUT2D eigenvalue weighted by Gasteiger charge is -2.34. The van der Waals surface area contributed by atoms with Crippen LogP contribution in [0.4, 0.5) is 0 Å². The SMILES string of the molecule is C[C@H](O)C[Si](c1ccccc1)(c1ccccc1)c1ccccc1. The first-order valence-corrected chi connectivity index (χ1v) is 10.3. The van der Waals surface area contributed by atoms with Crippen LogP contribution < -0.4 is 15.6 Å². The Labute approximate surface area is 139 Å². The summed E-state index contributed by atoms with van der Waals surface area (Å²) in [5.74, 6) is 0. The first-order valence-electron chi connectivity index (χ1n) is 8.08. The van der Waals surface area contributed by atoms with Crippen LogP contribution in [0.25, 0.3) is 0 Å². The van der Waals surface area contributed by atoms with E-state index >= 15 is 0 Å². The Kier molecular flexibility index (Phi) is 4.75. The van der Waals surface area contributed by atoms with Crippen LogP contribution in [0.3, 0.4) is 0 Å². The van der Waals surface area contributed by atoms with E-state index < -0.39 is 8.07 Å². The molecule has 3 rings (SSSR count). The molecule has 0 bridgehead atoms. The van der Waals surface area contributed by atoms with Gasteiger partial charge in [0.25, 0.3) is 0 Å². The van der Waals surface area contributed by atoms with E-state index in [4.69, 9.17) is 0 Å². The van der Waals surface area contributed by atoms with Gasteiger partial charge in [-0.05, 0) is 28.5 Å². The van der Waals surface area contributed by atoms with E-state index in [2.05, 4.69) is 91.0 Å². The zero-order chi connectivity index (χ0) is 16.1. The van der Waals surface area contributed by atoms with E-state index in [0.29, 0.717) is 0 Å². The lowest BCUT2D eigenvalue weighted by molar-refractivity contribution is 0.214. The molecule has 0 fully saturated rings. The molecule has 0 amide bonds. The predicted octanol–water partition coefficient (Wildman–Crippen LogP) is 2.54. The molecule has 3 aromatic carbocycles. The lowest BCUT2D eigenvalue weighted by Crippen LogP contribution is -2.68. The molecule has 116 valence electrons. The fourth-order valence-corrected chi connectivity index (χ4v) is 8.34. The van der Waals surface area contributed by atoms with Crippen LogP contribution in [-0.2, 0) is 0 Å². The summed E-state index contributed by atoms with van der Waals surface area (Å²) >= 11 is 0. The minimum atomic E-state index is -2.24. The fraction of sp³-hybridized carbons (Fsp3) is 0.143. The molecule has 0 radical (unpaired) electrons. The van der Waals surface area contributed by atoms with Gasteiger partial charge in [-0.2, -0.15) is 0 Å². The van der Waals surface area contributed by atoms with E-state index in [9.17, 15) is 5.11 Å². The maximum Gasteiger partial charge on any atom is 0.150 e. The van der Waals surface area contributed by atoms with Gasteiger partial charge in [-0.25, -0.2) is 0 Å². The van der Waals surface area contributed by atoms with Crippen LogP contribution in [0.2, 0.25) is 6.04 Å². The molecule has 0 spiro atoms. The highest BCUT2D eigenvalue weighted by molar-refractivity contribution is 7.11. The highest BCUT2D eigenvalue weighted by Gasteiger charge is 2.39. The Morgan fingerprint density at radius 3 is 1.22 bits per heavy atom. The van der Waals surface area contributed by atoms with Crippen molar-refractivity contribution in [2.45, 2.75) is 19.1 Å². The van der Waals surface area contributed by atoms with Crippen molar-refractivity contribution in [1.82, 2.24) is 0 Å². The van der Waals surface area contributed by atoms with Crippen LogP contribution in [0, 0.1) is 0 Å². The van der Waals surface area contributed by atoms with Crippen LogP contribution in [-0.4, -0.2) is 19.3 Å². The van der Waals surface area contributed by atoms with Crippen LogP contribution >= 0.6 is 0 Å². The van der Waals surface area contributed by atoms with E-state index in [0.717, 1.165) is 6.04 Å². The summed E-state index contributed by atoms with van der Waals surface area (Å²) in [6.07, 6.45) is -0.345. The topological polar surface area (TPSA) is 20.2 Å². The minimum Gasteiger partial charge on any atom is -0.394 e. The van der Waals surface area contributed by atoms with E-state index in [1.54, 1.807) is 0 Å². The predicted molar refractivity (Wildman–Crippen MR) is 100 cm³/mol. The molecule has 0 saturated heterocycles. The summed E-state index contributed by atoms with van der Waals surface area (Å²) in [5.41, 5.74) is 0. The molecule has 0 aromatic heterocycles. The number of hydrogen-bond acceptors (Lipinski definition) is 1. The summed E-state index contributed by atoms with van der Waals surface area (Å²) in [6, 6.07) is 32.9. The average molecular weight is 318 g/mol. The molecule has 0 aliphatic carbocycles. The van der Waals surface area contributed by atoms with Gasteiger partial charge in [-0.1, -0.05) is 91.0 Å². The zero-order valence-corrected chi connectivity index (χ0v) is 14.4. The second-order valence-corrected chi connectivity index (χ2v) is 10.0. The maximum atomic E-state index is 10.3. The molecule has 1 N–H and O–H groups in total. The first-order chi connectivity index (χ1) is 11.2. The molecular formula is C21H22OSi. The molecule has 0 heterocycles. The van der Waals surface area contributed by atoms with Gasteiger partial charge in [-0.3, -0.25) is 0 Å². The molecule has 0 saturated carbocycles. The minimum absolute atomic E-state index is 0.345. The largest absolute Gasteiger partial charge is 0.394 e. The fourth-order valence-electron chi connectivity index (χ4n) is 3.46. The smallest absolute Gasteiger partial charge is 0.150 e. The normalized spacial score (nSPS) is 12.8. The summed E-state index contributed by atoms with van der Waals surface area (Å²) in [5, 5.41) is 14.3. The van der Waals surface area contributed by atoms with Gasteiger partial charge in [0.2, 0.25) is 0 Å². The van der Waals surface area contributed by atoms with Gasteiger partial charge in [0.15, 0.2) is 8.07 Å². The van der Waals surface area contributed by atoms with E-state index in [1.807, 2.05) is 6.92 Å². The third-order valence-electron chi connectivity index (χ3n) is 4.40. The van der Waals surface area contributed by atoms with Gasteiger partial charge in [0.1, 0.15) is 0 Å². The molecule has 2 heteroatoms. The zero-order valence-electron chi connectivity index (χ0n) is 13.4. The molecule has 1 nitrogen and oxygen atoms in total. The summed E-state index contributed by atoms with van der Waals surface area (Å²) < 4.78 is 0. The quantitative estimate of drug-likeness (QED) is 0.566. The first kappa shape index (κ1) is 15.7. The van der Waals surface area contributed by atoms with Crippen molar-refractivity contribution in [1.29, 1.82) is 0 Å². The van der Waals surface area contributed by atoms with Gasteiger partial charge >= 0.3 is 0 Å². The standard InChI is InChI=1S/C21H22OSi/c1-18(22)17-23(19-11-5-2-6-12-19,20-13-7-3-8-14-20)21-15-9-4-10-16-21/h2-16,18,22H,17H2,1H3/t18-/m0/s1. The molecule has 0 unspecified atom stereocenters. The molecule has 3 aromatic rings.